The summed E-state index contributed by atoms with van der Waals surface area (Å²) in [6.07, 6.45) is 7.46. The van der Waals surface area contributed by atoms with Crippen LogP contribution in [0.4, 0.5) is 5.82 Å². The van der Waals surface area contributed by atoms with Crippen molar-refractivity contribution in [2.45, 2.75) is 26.2 Å². The average molecular weight is 440 g/mol. The molecule has 3 rings (SSSR count). The third-order valence-corrected chi connectivity index (χ3v) is 4.78. The maximum Gasteiger partial charge on any atom is 0.245 e. The average Bonchev–Trinajstić information content (AvgIpc) is 3.24. The van der Waals surface area contributed by atoms with Crippen LogP contribution in [-0.2, 0) is 17.6 Å². The van der Waals surface area contributed by atoms with Crippen LogP contribution in [-0.4, -0.2) is 52.8 Å². The van der Waals surface area contributed by atoms with Crippen molar-refractivity contribution in [2.24, 2.45) is 11.5 Å². The van der Waals surface area contributed by atoms with Gasteiger partial charge in [0.25, 0.3) is 0 Å². The van der Waals surface area contributed by atoms with Crippen LogP contribution in [0.2, 0.25) is 0 Å². The summed E-state index contributed by atoms with van der Waals surface area (Å²) in [5.41, 5.74) is 14.6. The molecule has 0 saturated heterocycles. The first-order chi connectivity index (χ1) is 15.4. The Morgan fingerprint density at radius 3 is 2.88 bits per heavy atom. The van der Waals surface area contributed by atoms with Crippen LogP contribution in [0, 0.1) is 0 Å². The zero-order chi connectivity index (χ0) is 23.1. The topological polar surface area (TPSA) is 153 Å². The summed E-state index contributed by atoms with van der Waals surface area (Å²) in [6.45, 7) is 1.91. The number of ether oxygens (including phenoxy) is 1. The highest BCUT2D eigenvalue weighted by Gasteiger charge is 2.23. The second kappa shape index (κ2) is 10.6. The molecule has 2 heterocycles. The number of hydrogen-bond acceptors (Lipinski definition) is 9. The lowest BCUT2D eigenvalue weighted by atomic mass is 10.2. The number of carbonyl (C=O) groups is 1. The first-order valence-electron chi connectivity index (χ1n) is 10.4. The molecule has 6 N–H and O–H groups in total. The van der Waals surface area contributed by atoms with Gasteiger partial charge in [-0.1, -0.05) is 0 Å². The molecule has 32 heavy (non-hydrogen) atoms. The van der Waals surface area contributed by atoms with Crippen molar-refractivity contribution >= 4 is 11.7 Å². The van der Waals surface area contributed by atoms with E-state index in [-0.39, 0.29) is 31.5 Å². The van der Waals surface area contributed by atoms with E-state index in [1.807, 2.05) is 7.05 Å². The van der Waals surface area contributed by atoms with E-state index in [0.717, 1.165) is 30.5 Å². The second-order valence-corrected chi connectivity index (χ2v) is 7.54. The molecule has 10 heteroatoms. The fourth-order valence-corrected chi connectivity index (χ4v) is 3.38. The molecule has 2 aromatic heterocycles. The zero-order valence-corrected chi connectivity index (χ0v) is 18.3. The molecule has 2 aromatic rings. The van der Waals surface area contributed by atoms with E-state index in [1.165, 1.54) is 0 Å². The molecule has 1 amide bonds. The lowest BCUT2D eigenvalue weighted by molar-refractivity contribution is -0.119. The van der Waals surface area contributed by atoms with Gasteiger partial charge in [-0.15, -0.1) is 0 Å². The van der Waals surface area contributed by atoms with Crippen LogP contribution in [0.3, 0.4) is 0 Å². The number of nitrogens with one attached hydrogen (secondary N) is 1. The predicted octanol–water partition coefficient (Wildman–Crippen LogP) is 0.613. The molecule has 0 unspecified atom stereocenters. The molecule has 0 bridgehead atoms. The molecule has 0 aromatic carbocycles. The molecule has 1 aliphatic carbocycles. The highest BCUT2D eigenvalue weighted by molar-refractivity contribution is 5.82. The third kappa shape index (κ3) is 5.94. The van der Waals surface area contributed by atoms with E-state index in [1.54, 1.807) is 42.3 Å². The summed E-state index contributed by atoms with van der Waals surface area (Å²) < 4.78 is 5.47. The molecule has 0 spiro atoms. The molecule has 0 atom stereocenters. The normalized spacial score (nSPS) is 13.6. The van der Waals surface area contributed by atoms with Gasteiger partial charge in [0.2, 0.25) is 5.91 Å². The van der Waals surface area contributed by atoms with Crippen LogP contribution >= 0.6 is 0 Å². The standard InChI is InChI=1S/C22H29N7O3/c1-14(23)6-7-19(24)27-20(31)13-29(2)22-16-4-3-5-17(16)26-21(28-22)18-12-15(8-9-25-18)32-11-10-30/h6-9,12,30H,3-5,10-11,13,23-24H2,1-2H3,(H,27,31)/b14-6-,19-7+. The maximum atomic E-state index is 12.5. The van der Waals surface area contributed by atoms with Gasteiger partial charge in [0, 0.05) is 36.3 Å². The summed E-state index contributed by atoms with van der Waals surface area (Å²) in [7, 11) is 1.81. The highest BCUT2D eigenvalue weighted by Crippen LogP contribution is 2.31. The smallest absolute Gasteiger partial charge is 0.245 e. The van der Waals surface area contributed by atoms with Crippen molar-refractivity contribution in [2.75, 3.05) is 31.7 Å². The Balaban J connectivity index is 1.82. The molecule has 0 aliphatic heterocycles. The second-order valence-electron chi connectivity index (χ2n) is 7.54. The SMILES string of the molecule is C/C(N)=C/C=C(\N)NC(=O)CN(C)c1nc(-c2cc(OCCO)ccn2)nc2c1CCC2. The van der Waals surface area contributed by atoms with E-state index in [0.29, 0.717) is 28.8 Å². The fraction of sp³-hybridized carbons (Fsp3) is 0.364. The number of hydrogen-bond donors (Lipinski definition) is 4. The quantitative estimate of drug-likeness (QED) is 0.412. The molecule has 1 aliphatic rings. The van der Waals surface area contributed by atoms with Crippen molar-refractivity contribution in [1.29, 1.82) is 0 Å². The molecule has 0 saturated carbocycles. The molecular weight excluding hydrogens is 410 g/mol. The minimum Gasteiger partial charge on any atom is -0.491 e. The van der Waals surface area contributed by atoms with Crippen molar-refractivity contribution in [3.8, 4) is 17.3 Å². The Kier molecular flexibility index (Phi) is 7.61. The predicted molar refractivity (Wildman–Crippen MR) is 121 cm³/mol. The number of carbonyl (C=O) groups excluding carboxylic acids is 1. The minimum absolute atomic E-state index is 0.0653. The number of aliphatic hydroxyl groups is 1. The number of likely N-dealkylation sites (N-methyl/N-ethyl adjacent to an activating group) is 1. The molecule has 10 nitrogen and oxygen atoms in total. The Hall–Kier alpha value is -3.66. The lowest BCUT2D eigenvalue weighted by Crippen LogP contribution is -2.37. The molecule has 0 radical (unpaired) electrons. The summed E-state index contributed by atoms with van der Waals surface area (Å²) in [5, 5.41) is 11.6. The monoisotopic (exact) mass is 439 g/mol. The largest absolute Gasteiger partial charge is 0.491 e. The zero-order valence-electron chi connectivity index (χ0n) is 18.3. The van der Waals surface area contributed by atoms with Gasteiger partial charge in [-0.25, -0.2) is 9.97 Å². The van der Waals surface area contributed by atoms with Gasteiger partial charge in [0.1, 0.15) is 29.7 Å². The van der Waals surface area contributed by atoms with E-state index < -0.39 is 0 Å². The van der Waals surface area contributed by atoms with E-state index in [9.17, 15) is 4.79 Å². The van der Waals surface area contributed by atoms with Gasteiger partial charge in [-0.2, -0.15) is 0 Å². The van der Waals surface area contributed by atoms with Crippen molar-refractivity contribution < 1.29 is 14.6 Å². The summed E-state index contributed by atoms with van der Waals surface area (Å²) in [6, 6.07) is 3.45. The van der Waals surface area contributed by atoms with Gasteiger partial charge in [0.05, 0.1) is 13.2 Å². The number of anilines is 1. The highest BCUT2D eigenvalue weighted by atomic mass is 16.5. The number of aromatic nitrogens is 3. The molecule has 0 fully saturated rings. The third-order valence-electron chi connectivity index (χ3n) is 4.78. The number of fused-ring (bicyclic) bond motifs is 1. The summed E-state index contributed by atoms with van der Waals surface area (Å²) >= 11 is 0. The molecular formula is C22H29N7O3. The van der Waals surface area contributed by atoms with Gasteiger partial charge in [-0.05, 0) is 44.4 Å². The van der Waals surface area contributed by atoms with Gasteiger partial charge in [-0.3, -0.25) is 9.78 Å². The van der Waals surface area contributed by atoms with Crippen LogP contribution in [0.1, 0.15) is 24.6 Å². The fourth-order valence-electron chi connectivity index (χ4n) is 3.38. The summed E-state index contributed by atoms with van der Waals surface area (Å²) in [4.78, 5) is 28.0. The van der Waals surface area contributed by atoms with E-state index >= 15 is 0 Å². The van der Waals surface area contributed by atoms with Crippen molar-refractivity contribution in [1.82, 2.24) is 20.3 Å². The van der Waals surface area contributed by atoms with Crippen LogP contribution in [0.25, 0.3) is 11.5 Å². The Morgan fingerprint density at radius 1 is 1.31 bits per heavy atom. The number of aryl methyl sites for hydroxylation is 1. The number of pyridine rings is 1. The maximum absolute atomic E-state index is 12.5. The van der Waals surface area contributed by atoms with Crippen LogP contribution in [0.5, 0.6) is 5.75 Å². The number of allylic oxidation sites excluding steroid dienone is 3. The Labute approximate surface area is 187 Å². The first-order valence-corrected chi connectivity index (χ1v) is 10.4. The van der Waals surface area contributed by atoms with Gasteiger partial charge in [0.15, 0.2) is 5.82 Å². The van der Waals surface area contributed by atoms with E-state index in [2.05, 4.69) is 10.3 Å². The van der Waals surface area contributed by atoms with Crippen LogP contribution in [0.15, 0.2) is 42.0 Å². The number of nitrogens with zero attached hydrogens (tertiary/aromatic N) is 4. The number of amides is 1. The number of aliphatic hydroxyl groups excluding tert-OH is 1. The minimum atomic E-state index is -0.270. The summed E-state index contributed by atoms with van der Waals surface area (Å²) in [5.74, 6) is 1.68. The molecule has 170 valence electrons. The van der Waals surface area contributed by atoms with Crippen molar-refractivity contribution in [3.63, 3.8) is 0 Å². The first kappa shape index (κ1) is 23.0. The van der Waals surface area contributed by atoms with Crippen molar-refractivity contribution in [3.05, 3.63) is 53.3 Å². The Morgan fingerprint density at radius 2 is 2.12 bits per heavy atom. The lowest BCUT2D eigenvalue weighted by Gasteiger charge is -2.21. The number of nitrogens with two attached hydrogens (primary N) is 2. The van der Waals surface area contributed by atoms with E-state index in [4.69, 9.17) is 31.3 Å². The van der Waals surface area contributed by atoms with Gasteiger partial charge >= 0.3 is 0 Å². The number of rotatable bonds is 9. The van der Waals surface area contributed by atoms with Gasteiger partial charge < -0.3 is 31.5 Å². The van der Waals surface area contributed by atoms with Crippen LogP contribution < -0.4 is 26.4 Å². The Bertz CT molecular complexity index is 1030.